The molecule has 1 amide bonds. The average Bonchev–Trinajstić information content (AvgIpc) is 3.09. The summed E-state index contributed by atoms with van der Waals surface area (Å²) in [5.74, 6) is -0.0258. The third-order valence-electron chi connectivity index (χ3n) is 5.16. The van der Waals surface area contributed by atoms with Gasteiger partial charge in [0, 0.05) is 31.3 Å². The average molecular weight is 378 g/mol. The van der Waals surface area contributed by atoms with E-state index in [1.165, 1.54) is 37.5 Å². The van der Waals surface area contributed by atoms with Gasteiger partial charge in [0.1, 0.15) is 5.02 Å². The first kappa shape index (κ1) is 18.9. The lowest BCUT2D eigenvalue weighted by molar-refractivity contribution is -0.384. The Labute approximate surface area is 158 Å². The van der Waals surface area contributed by atoms with Crippen molar-refractivity contribution in [2.45, 2.75) is 38.1 Å². The molecule has 1 aromatic rings. The Morgan fingerprint density at radius 1 is 1.23 bits per heavy atom. The zero-order valence-electron chi connectivity index (χ0n) is 14.8. The number of piperidine rings is 1. The maximum Gasteiger partial charge on any atom is 0.288 e. The van der Waals surface area contributed by atoms with Gasteiger partial charge in [0.05, 0.1) is 4.92 Å². The molecule has 0 saturated carbocycles. The molecule has 26 heavy (non-hydrogen) atoms. The van der Waals surface area contributed by atoms with Crippen LogP contribution in [0.25, 0.3) is 6.08 Å². The summed E-state index contributed by atoms with van der Waals surface area (Å²) in [4.78, 5) is 27.5. The zero-order valence-corrected chi connectivity index (χ0v) is 15.5. The van der Waals surface area contributed by atoms with E-state index in [2.05, 4.69) is 4.90 Å². The van der Waals surface area contributed by atoms with E-state index < -0.39 is 4.92 Å². The van der Waals surface area contributed by atoms with Crippen LogP contribution in [0.15, 0.2) is 24.3 Å². The van der Waals surface area contributed by atoms with Crippen LogP contribution in [0.5, 0.6) is 0 Å². The summed E-state index contributed by atoms with van der Waals surface area (Å²) in [5.41, 5.74) is 0.451. The topological polar surface area (TPSA) is 66.7 Å². The summed E-state index contributed by atoms with van der Waals surface area (Å²) in [6.07, 6.45) is 9.02. The van der Waals surface area contributed by atoms with E-state index in [1.54, 1.807) is 12.1 Å². The van der Waals surface area contributed by atoms with Gasteiger partial charge in [0.15, 0.2) is 0 Å². The van der Waals surface area contributed by atoms with Crippen LogP contribution in [0.2, 0.25) is 5.02 Å². The number of carbonyl (C=O) groups excluding carboxylic acids is 1. The molecule has 0 N–H and O–H groups in total. The number of halogens is 1. The standard InChI is InChI=1S/C19H24ClN3O3/c20-17-8-6-15(13-18(17)23(25)26)7-9-19(24)22-12-4-5-16(22)14-21-10-2-1-3-11-21/h6-9,13,16H,1-5,10-12,14H2. The second-order valence-electron chi connectivity index (χ2n) is 6.99. The maximum atomic E-state index is 12.6. The van der Waals surface area contributed by atoms with Crippen LogP contribution in [0.4, 0.5) is 5.69 Å². The zero-order chi connectivity index (χ0) is 18.5. The Kier molecular flexibility index (Phi) is 6.27. The van der Waals surface area contributed by atoms with Crippen LogP contribution in [-0.4, -0.2) is 52.9 Å². The Hall–Kier alpha value is -1.92. The summed E-state index contributed by atoms with van der Waals surface area (Å²) in [6.45, 7) is 3.99. The monoisotopic (exact) mass is 377 g/mol. The third-order valence-corrected chi connectivity index (χ3v) is 5.48. The highest BCUT2D eigenvalue weighted by Gasteiger charge is 2.29. The van der Waals surface area contributed by atoms with Gasteiger partial charge >= 0.3 is 0 Å². The molecular weight excluding hydrogens is 354 g/mol. The van der Waals surface area contributed by atoms with Crippen molar-refractivity contribution >= 4 is 29.3 Å². The van der Waals surface area contributed by atoms with Crippen LogP contribution in [0, 0.1) is 10.1 Å². The molecule has 3 rings (SSSR count). The molecule has 0 aliphatic carbocycles. The fraction of sp³-hybridized carbons (Fsp3) is 0.526. The van der Waals surface area contributed by atoms with Gasteiger partial charge in [-0.15, -0.1) is 0 Å². The quantitative estimate of drug-likeness (QED) is 0.445. The Morgan fingerprint density at radius 3 is 2.73 bits per heavy atom. The first-order valence-electron chi connectivity index (χ1n) is 9.19. The van der Waals surface area contributed by atoms with E-state index >= 15 is 0 Å². The number of rotatable bonds is 5. The number of carbonyl (C=O) groups is 1. The van der Waals surface area contributed by atoms with Gasteiger partial charge in [-0.1, -0.05) is 24.1 Å². The summed E-state index contributed by atoms with van der Waals surface area (Å²) in [6, 6.07) is 4.82. The van der Waals surface area contributed by atoms with E-state index in [1.807, 2.05) is 4.90 Å². The van der Waals surface area contributed by atoms with Crippen LogP contribution < -0.4 is 0 Å². The van der Waals surface area contributed by atoms with Crippen molar-refractivity contribution in [1.82, 2.24) is 9.80 Å². The normalized spacial score (nSPS) is 21.4. The van der Waals surface area contributed by atoms with Crippen LogP contribution in [0.1, 0.15) is 37.7 Å². The van der Waals surface area contributed by atoms with E-state index in [9.17, 15) is 14.9 Å². The van der Waals surface area contributed by atoms with Gasteiger partial charge < -0.3 is 9.80 Å². The third kappa shape index (κ3) is 4.62. The Balaban J connectivity index is 1.63. The number of benzene rings is 1. The van der Waals surface area contributed by atoms with E-state index in [4.69, 9.17) is 11.6 Å². The summed E-state index contributed by atoms with van der Waals surface area (Å²) < 4.78 is 0. The second-order valence-corrected chi connectivity index (χ2v) is 7.40. The van der Waals surface area contributed by atoms with Gasteiger partial charge in [0.25, 0.3) is 5.69 Å². The fourth-order valence-corrected chi connectivity index (χ4v) is 3.98. The van der Waals surface area contributed by atoms with E-state index in [0.717, 1.165) is 39.0 Å². The molecule has 1 atom stereocenters. The molecule has 0 radical (unpaired) electrons. The van der Waals surface area contributed by atoms with Crippen molar-refractivity contribution in [2.24, 2.45) is 0 Å². The number of likely N-dealkylation sites (tertiary alicyclic amines) is 2. The fourth-order valence-electron chi connectivity index (χ4n) is 3.79. The highest BCUT2D eigenvalue weighted by molar-refractivity contribution is 6.32. The molecule has 0 bridgehead atoms. The smallest absolute Gasteiger partial charge is 0.288 e. The Bertz CT molecular complexity index is 701. The largest absolute Gasteiger partial charge is 0.335 e. The predicted octanol–water partition coefficient (Wildman–Crippen LogP) is 3.74. The van der Waals surface area contributed by atoms with Gasteiger partial charge in [0.2, 0.25) is 5.91 Å². The summed E-state index contributed by atoms with van der Waals surface area (Å²) in [7, 11) is 0. The molecule has 2 heterocycles. The molecular formula is C19H24ClN3O3. The highest BCUT2D eigenvalue weighted by Crippen LogP contribution is 2.26. The van der Waals surface area contributed by atoms with Crippen molar-refractivity contribution in [3.05, 3.63) is 45.0 Å². The van der Waals surface area contributed by atoms with Gasteiger partial charge in [-0.25, -0.2) is 0 Å². The minimum absolute atomic E-state index is 0.0258. The number of hydrogen-bond donors (Lipinski definition) is 0. The van der Waals surface area contributed by atoms with Gasteiger partial charge in [-0.2, -0.15) is 0 Å². The molecule has 2 aliphatic rings. The van der Waals surface area contributed by atoms with Crippen molar-refractivity contribution < 1.29 is 9.72 Å². The molecule has 0 spiro atoms. The van der Waals surface area contributed by atoms with Crippen molar-refractivity contribution in [3.8, 4) is 0 Å². The summed E-state index contributed by atoms with van der Waals surface area (Å²) in [5, 5.41) is 11.1. The maximum absolute atomic E-state index is 12.6. The van der Waals surface area contributed by atoms with Crippen molar-refractivity contribution in [2.75, 3.05) is 26.2 Å². The number of amides is 1. The lowest BCUT2D eigenvalue weighted by Gasteiger charge is -2.32. The lowest BCUT2D eigenvalue weighted by Crippen LogP contribution is -2.44. The molecule has 2 saturated heterocycles. The number of nitro groups is 1. The van der Waals surface area contributed by atoms with Crippen molar-refractivity contribution in [1.29, 1.82) is 0 Å². The van der Waals surface area contributed by atoms with E-state index in [-0.39, 0.29) is 22.7 Å². The summed E-state index contributed by atoms with van der Waals surface area (Å²) >= 11 is 5.82. The SMILES string of the molecule is O=C(C=Cc1ccc(Cl)c([N+](=O)[O-])c1)N1CCCC1CN1CCCCC1. The first-order chi connectivity index (χ1) is 12.5. The van der Waals surface area contributed by atoms with Crippen LogP contribution in [-0.2, 0) is 4.79 Å². The molecule has 0 aromatic heterocycles. The molecule has 1 aromatic carbocycles. The van der Waals surface area contributed by atoms with Crippen molar-refractivity contribution in [3.63, 3.8) is 0 Å². The molecule has 1 unspecified atom stereocenters. The first-order valence-corrected chi connectivity index (χ1v) is 9.57. The molecule has 6 nitrogen and oxygen atoms in total. The predicted molar refractivity (Wildman–Crippen MR) is 102 cm³/mol. The second kappa shape index (κ2) is 8.64. The number of nitro benzene ring substituents is 1. The van der Waals surface area contributed by atoms with Gasteiger partial charge in [-0.05, 0) is 56.5 Å². The minimum Gasteiger partial charge on any atom is -0.335 e. The number of hydrogen-bond acceptors (Lipinski definition) is 4. The molecule has 2 fully saturated rings. The highest BCUT2D eigenvalue weighted by atomic mass is 35.5. The lowest BCUT2D eigenvalue weighted by atomic mass is 10.1. The minimum atomic E-state index is -0.517. The molecule has 140 valence electrons. The van der Waals surface area contributed by atoms with E-state index in [0.29, 0.717) is 5.56 Å². The number of nitrogens with zero attached hydrogens (tertiary/aromatic N) is 3. The van der Waals surface area contributed by atoms with Gasteiger partial charge in [-0.3, -0.25) is 14.9 Å². The molecule has 2 aliphatic heterocycles. The Morgan fingerprint density at radius 2 is 2.00 bits per heavy atom. The van der Waals surface area contributed by atoms with Crippen LogP contribution >= 0.6 is 11.6 Å². The van der Waals surface area contributed by atoms with Crippen LogP contribution in [0.3, 0.4) is 0 Å². The molecule has 7 heteroatoms.